The highest BCUT2D eigenvalue weighted by atomic mass is 127. The Hall–Kier alpha value is -5.37. The lowest BCUT2D eigenvalue weighted by atomic mass is 10.0. The second-order valence-corrected chi connectivity index (χ2v) is 21.4. The normalized spacial score (nSPS) is 13.6. The van der Waals surface area contributed by atoms with Gasteiger partial charge < -0.3 is 73.3 Å². The third-order valence-electron chi connectivity index (χ3n) is 13.1. The lowest BCUT2D eigenvalue weighted by Gasteiger charge is -2.17. The van der Waals surface area contributed by atoms with Crippen LogP contribution in [0.25, 0.3) is 45.3 Å². The molecule has 14 heteroatoms. The van der Waals surface area contributed by atoms with Gasteiger partial charge in [-0.25, -0.2) is 0 Å². The van der Waals surface area contributed by atoms with Crippen LogP contribution in [0.3, 0.4) is 0 Å². The quantitative estimate of drug-likeness (QED) is 0.0474. The molecule has 0 unspecified atom stereocenters. The average molecular weight is 1280 g/mol. The highest BCUT2D eigenvalue weighted by Gasteiger charge is 2.28. The van der Waals surface area contributed by atoms with Gasteiger partial charge in [0.05, 0.1) is 32.2 Å². The predicted octanol–water partition coefficient (Wildman–Crippen LogP) is 5.94. The molecule has 386 valence electrons. The largest absolute Gasteiger partial charge is 1.00 e. The van der Waals surface area contributed by atoms with Crippen molar-refractivity contribution in [3.05, 3.63) is 197 Å². The van der Waals surface area contributed by atoms with Crippen molar-refractivity contribution >= 4 is 92.4 Å². The first-order chi connectivity index (χ1) is 35.3. The fourth-order valence-corrected chi connectivity index (χ4v) is 12.7. The molecule has 0 aliphatic carbocycles. The molecule has 10 rings (SSSR count). The van der Waals surface area contributed by atoms with Crippen LogP contribution in [0.4, 0.5) is 11.4 Å². The molecule has 2 amide bonds. The Bertz CT molecular complexity index is 3340. The van der Waals surface area contributed by atoms with Crippen molar-refractivity contribution in [2.24, 2.45) is 0 Å². The Morgan fingerprint density at radius 2 is 1.04 bits per heavy atom. The first-order valence-electron chi connectivity index (χ1n) is 24.6. The van der Waals surface area contributed by atoms with Gasteiger partial charge in [0.1, 0.15) is 6.42 Å². The van der Waals surface area contributed by atoms with Crippen LogP contribution in [0.5, 0.6) is 0 Å². The lowest BCUT2D eigenvalue weighted by molar-refractivity contribution is -0.608. The summed E-state index contributed by atoms with van der Waals surface area (Å²) in [5.74, 6) is 0.701. The molecule has 2 aliphatic rings. The number of nitrogens with zero attached hydrogens (tertiary/aromatic N) is 5. The molecule has 0 saturated heterocycles. The van der Waals surface area contributed by atoms with E-state index in [1.165, 1.54) is 31.6 Å². The SMILES string of the molecule is C.CN(CCCNC(=O)CCSc1cc(C=C2Sc3ccccc3N2C)c2ccccc2[n+]1-c1ccccc1)CCCNC(=O)Cc1cc(C=C2Sc3ccccc3N2C)c2ccccc2[n+]1-c1ccccc1.[I-].[I-]. The van der Waals surface area contributed by atoms with Gasteiger partial charge in [-0.2, -0.15) is 4.57 Å². The van der Waals surface area contributed by atoms with E-state index in [2.05, 4.69) is 213 Å². The molecule has 2 aliphatic heterocycles. The predicted molar refractivity (Wildman–Crippen MR) is 307 cm³/mol. The van der Waals surface area contributed by atoms with Crippen LogP contribution in [-0.4, -0.2) is 69.8 Å². The molecule has 0 bridgehead atoms. The van der Waals surface area contributed by atoms with Gasteiger partial charge in [-0.15, -0.1) is 4.57 Å². The minimum absolute atomic E-state index is 0. The van der Waals surface area contributed by atoms with Gasteiger partial charge in [0.2, 0.25) is 39.2 Å². The number of anilines is 2. The molecule has 0 saturated carbocycles. The van der Waals surface area contributed by atoms with E-state index in [1.807, 2.05) is 24.3 Å². The summed E-state index contributed by atoms with van der Waals surface area (Å²) in [4.78, 5) is 36.2. The number of nitrogens with one attached hydrogen (secondary N) is 2. The zero-order chi connectivity index (χ0) is 49.4. The van der Waals surface area contributed by atoms with Crippen LogP contribution in [0.15, 0.2) is 195 Å². The number of rotatable bonds is 18. The van der Waals surface area contributed by atoms with Crippen molar-refractivity contribution in [3.63, 3.8) is 0 Å². The minimum atomic E-state index is -0.00697. The molecule has 0 spiro atoms. The van der Waals surface area contributed by atoms with E-state index in [4.69, 9.17) is 0 Å². The van der Waals surface area contributed by atoms with Crippen molar-refractivity contribution in [3.8, 4) is 11.4 Å². The molecule has 6 aromatic carbocycles. The lowest BCUT2D eigenvalue weighted by Crippen LogP contribution is -3.00. The monoisotopic (exact) mass is 1280 g/mol. The number of amides is 2. The third-order valence-corrected chi connectivity index (χ3v) is 16.5. The number of carbonyl (C=O) groups excluding carboxylic acids is 2. The highest BCUT2D eigenvalue weighted by Crippen LogP contribution is 2.47. The Morgan fingerprint density at radius 1 is 0.587 bits per heavy atom. The van der Waals surface area contributed by atoms with Crippen molar-refractivity contribution in [1.29, 1.82) is 0 Å². The van der Waals surface area contributed by atoms with E-state index < -0.39 is 0 Å². The second-order valence-electron chi connectivity index (χ2n) is 18.1. The Labute approximate surface area is 489 Å². The second kappa shape index (κ2) is 27.1. The molecule has 9 nitrogen and oxygen atoms in total. The maximum absolute atomic E-state index is 13.7. The first kappa shape index (κ1) is 57.3. The summed E-state index contributed by atoms with van der Waals surface area (Å²) in [6.45, 7) is 2.88. The number of hydrogen-bond acceptors (Lipinski definition) is 8. The Kier molecular flexibility index (Phi) is 20.7. The van der Waals surface area contributed by atoms with E-state index in [0.717, 1.165) is 80.6 Å². The fourth-order valence-electron chi connectivity index (χ4n) is 9.49. The molecule has 0 fully saturated rings. The van der Waals surface area contributed by atoms with Crippen molar-refractivity contribution in [2.75, 3.05) is 62.9 Å². The molecule has 2 N–H and O–H groups in total. The summed E-state index contributed by atoms with van der Waals surface area (Å²) in [5, 5.41) is 12.1. The van der Waals surface area contributed by atoms with Crippen LogP contribution in [0.1, 0.15) is 43.5 Å². The maximum atomic E-state index is 13.7. The van der Waals surface area contributed by atoms with Gasteiger partial charge in [0.15, 0.2) is 5.69 Å². The summed E-state index contributed by atoms with van der Waals surface area (Å²) < 4.78 is 4.54. The molecule has 0 atom stereocenters. The van der Waals surface area contributed by atoms with E-state index in [1.54, 1.807) is 35.3 Å². The number of halogens is 2. The molecule has 75 heavy (non-hydrogen) atoms. The van der Waals surface area contributed by atoms with Crippen LogP contribution in [0.2, 0.25) is 0 Å². The molecule has 0 radical (unpaired) electrons. The minimum Gasteiger partial charge on any atom is -1.00 e. The van der Waals surface area contributed by atoms with E-state index in [0.29, 0.717) is 25.3 Å². The third kappa shape index (κ3) is 13.4. The fraction of sp³-hybridized carbons (Fsp3) is 0.213. The molecule has 2 aromatic heterocycles. The highest BCUT2D eigenvalue weighted by molar-refractivity contribution is 8.04. The van der Waals surface area contributed by atoms with Crippen LogP contribution >= 0.6 is 35.3 Å². The molecular formula is C61H63I2N7O2S3. The topological polar surface area (TPSA) is 75.7 Å². The van der Waals surface area contributed by atoms with E-state index >= 15 is 0 Å². The van der Waals surface area contributed by atoms with Crippen molar-refractivity contribution < 1.29 is 66.7 Å². The zero-order valence-corrected chi connectivity index (χ0v) is 48.5. The number of hydrogen-bond donors (Lipinski definition) is 2. The summed E-state index contributed by atoms with van der Waals surface area (Å²) in [5.41, 5.74) is 9.86. The molecule has 4 heterocycles. The number of carbonyl (C=O) groups is 2. The summed E-state index contributed by atoms with van der Waals surface area (Å²) in [7, 11) is 6.35. The van der Waals surface area contributed by atoms with Crippen LogP contribution in [-0.2, 0) is 16.0 Å². The molecule has 8 aromatic rings. The smallest absolute Gasteiger partial charge is 0.247 e. The zero-order valence-electron chi connectivity index (χ0n) is 41.7. The summed E-state index contributed by atoms with van der Waals surface area (Å²) in [6, 6.07) is 59.3. The number of fused-ring (bicyclic) bond motifs is 4. The summed E-state index contributed by atoms with van der Waals surface area (Å²) in [6.07, 6.45) is 6.87. The number of aromatic nitrogens is 2. The van der Waals surface area contributed by atoms with Crippen LogP contribution in [0, 0.1) is 0 Å². The van der Waals surface area contributed by atoms with Gasteiger partial charge in [0, 0.05) is 97.7 Å². The van der Waals surface area contributed by atoms with Crippen molar-refractivity contribution in [1.82, 2.24) is 15.5 Å². The average Bonchev–Trinajstić information content (AvgIpc) is 3.90. The number of benzene rings is 6. The molecular weight excluding hydrogens is 1210 g/mol. The first-order valence-corrected chi connectivity index (χ1v) is 27.3. The summed E-state index contributed by atoms with van der Waals surface area (Å²) >= 11 is 5.28. The van der Waals surface area contributed by atoms with E-state index in [-0.39, 0.29) is 73.6 Å². The standard InChI is InChI=1S/C60H57N7O2S3.CH4.2HI/c1-63(36-19-34-62-57(69)42-47-38-43(39-58-64(2)52-28-14-16-30-54(52)71-58)48-24-10-12-26-50(48)66(47)45-20-6-4-7-21-45)35-18-33-61-56(68)32-37-70-60-41-44(40-59-65(3)53-29-15-17-31-55(53)72-59)49-25-11-13-27-51(49)67(60)46-22-8-5-9-23-46;;;/h4-17,20-31,38-41H,18-19,32-37,42H2,1-3H3;1H4;2*1H. The number of pyridine rings is 2. The van der Waals surface area contributed by atoms with Gasteiger partial charge in [-0.05, 0) is 92.7 Å². The number of para-hydroxylation sites is 6. The van der Waals surface area contributed by atoms with E-state index in [9.17, 15) is 9.59 Å². The Balaban J connectivity index is 0.00000273. The van der Waals surface area contributed by atoms with Gasteiger partial charge >= 0.3 is 0 Å². The number of thioether (sulfide) groups is 3. The Morgan fingerprint density at radius 3 is 1.59 bits per heavy atom. The van der Waals surface area contributed by atoms with Gasteiger partial charge in [-0.1, -0.05) is 128 Å². The van der Waals surface area contributed by atoms with Crippen LogP contribution < -0.4 is 77.5 Å². The van der Waals surface area contributed by atoms with Gasteiger partial charge in [-0.3, -0.25) is 9.59 Å². The van der Waals surface area contributed by atoms with Gasteiger partial charge in [0.25, 0.3) is 0 Å². The van der Waals surface area contributed by atoms with Crippen molar-refractivity contribution in [2.45, 2.75) is 47.9 Å². The maximum Gasteiger partial charge on any atom is 0.247 e.